The number of allylic oxidation sites excluding steroid dienone is 2. The van der Waals surface area contributed by atoms with Crippen molar-refractivity contribution in [1.82, 2.24) is 0 Å². The van der Waals surface area contributed by atoms with E-state index in [9.17, 15) is 0 Å². The minimum atomic E-state index is 0.663. The van der Waals surface area contributed by atoms with Gasteiger partial charge in [-0.3, -0.25) is 0 Å². The van der Waals surface area contributed by atoms with Crippen LogP contribution in [0.2, 0.25) is 0 Å². The maximum atomic E-state index is 8.72. The number of nitrogens with two attached hydrogens (primary N) is 1. The van der Waals surface area contributed by atoms with Crippen molar-refractivity contribution in [2.45, 2.75) is 20.3 Å². The zero-order valence-electron chi connectivity index (χ0n) is 8.54. The standard InChI is InChI=1S/C12H14N2/c1-9(2)3-5-11-7-10(8-13)4-6-12(11)14/h3-4,6-7H,5,14H2,1-2H3. The summed E-state index contributed by atoms with van der Waals surface area (Å²) in [5, 5.41) is 8.72. The molecule has 0 amide bonds. The normalized spacial score (nSPS) is 9.21. The van der Waals surface area contributed by atoms with Crippen LogP contribution in [-0.4, -0.2) is 0 Å². The summed E-state index contributed by atoms with van der Waals surface area (Å²) in [6.07, 6.45) is 2.90. The number of nitrogens with zero attached hydrogens (tertiary/aromatic N) is 1. The van der Waals surface area contributed by atoms with Crippen LogP contribution in [0.4, 0.5) is 5.69 Å². The highest BCUT2D eigenvalue weighted by molar-refractivity contribution is 5.51. The van der Waals surface area contributed by atoms with Gasteiger partial charge in [0.2, 0.25) is 0 Å². The molecule has 0 saturated carbocycles. The Bertz CT molecular complexity index is 393. The molecule has 0 heterocycles. The van der Waals surface area contributed by atoms with Gasteiger partial charge in [-0.25, -0.2) is 0 Å². The smallest absolute Gasteiger partial charge is 0.0991 e. The van der Waals surface area contributed by atoms with Crippen molar-refractivity contribution >= 4 is 5.69 Å². The Morgan fingerprint density at radius 3 is 2.79 bits per heavy atom. The molecule has 0 radical (unpaired) electrons. The molecular formula is C12H14N2. The van der Waals surface area contributed by atoms with Crippen LogP contribution in [0.3, 0.4) is 0 Å². The SMILES string of the molecule is CC(C)=CCc1cc(C#N)ccc1N. The lowest BCUT2D eigenvalue weighted by Crippen LogP contribution is -1.94. The molecule has 0 saturated heterocycles. The van der Waals surface area contributed by atoms with Crippen LogP contribution in [0.15, 0.2) is 29.8 Å². The molecule has 0 aromatic heterocycles. The van der Waals surface area contributed by atoms with E-state index in [1.807, 2.05) is 19.9 Å². The lowest BCUT2D eigenvalue weighted by molar-refractivity contribution is 1.21. The molecule has 2 heteroatoms. The molecule has 72 valence electrons. The number of anilines is 1. The Hall–Kier alpha value is -1.75. The Morgan fingerprint density at radius 2 is 2.21 bits per heavy atom. The molecule has 1 aromatic rings. The quantitative estimate of drug-likeness (QED) is 0.570. The van der Waals surface area contributed by atoms with Crippen LogP contribution < -0.4 is 5.73 Å². The molecule has 2 N–H and O–H groups in total. The van der Waals surface area contributed by atoms with Crippen LogP contribution in [0, 0.1) is 11.3 Å². The molecule has 1 rings (SSSR count). The first-order chi connectivity index (χ1) is 6.63. The number of nitrogen functional groups attached to an aromatic ring is 1. The average molecular weight is 186 g/mol. The third-order valence-electron chi connectivity index (χ3n) is 2.00. The largest absolute Gasteiger partial charge is 0.398 e. The zero-order chi connectivity index (χ0) is 10.6. The Balaban J connectivity index is 2.96. The van der Waals surface area contributed by atoms with E-state index in [4.69, 9.17) is 11.0 Å². The minimum Gasteiger partial charge on any atom is -0.398 e. The van der Waals surface area contributed by atoms with Crippen molar-refractivity contribution in [1.29, 1.82) is 5.26 Å². The molecule has 0 unspecified atom stereocenters. The molecule has 0 aliphatic rings. The van der Waals surface area contributed by atoms with E-state index in [0.29, 0.717) is 5.56 Å². The monoisotopic (exact) mass is 186 g/mol. The van der Waals surface area contributed by atoms with Crippen LogP contribution in [0.25, 0.3) is 0 Å². The molecule has 0 atom stereocenters. The molecule has 0 spiro atoms. The topological polar surface area (TPSA) is 49.8 Å². The molecule has 14 heavy (non-hydrogen) atoms. The Kier molecular flexibility index (Phi) is 3.30. The van der Waals surface area contributed by atoms with E-state index in [1.54, 1.807) is 12.1 Å². The van der Waals surface area contributed by atoms with Gasteiger partial charge in [-0.15, -0.1) is 0 Å². The molecule has 0 fully saturated rings. The summed E-state index contributed by atoms with van der Waals surface area (Å²) in [6, 6.07) is 7.47. The number of benzene rings is 1. The van der Waals surface area contributed by atoms with Gasteiger partial charge in [-0.05, 0) is 44.0 Å². The highest BCUT2D eigenvalue weighted by atomic mass is 14.6. The fourth-order valence-corrected chi connectivity index (χ4v) is 1.17. The van der Waals surface area contributed by atoms with Gasteiger partial charge in [0.05, 0.1) is 11.6 Å². The van der Waals surface area contributed by atoms with E-state index in [1.165, 1.54) is 5.57 Å². The second-order valence-corrected chi connectivity index (χ2v) is 3.51. The van der Waals surface area contributed by atoms with Crippen molar-refractivity contribution in [3.8, 4) is 6.07 Å². The van der Waals surface area contributed by atoms with Gasteiger partial charge < -0.3 is 5.73 Å². The predicted molar refractivity (Wildman–Crippen MR) is 58.7 cm³/mol. The average Bonchev–Trinajstić information content (AvgIpc) is 2.16. The molecule has 1 aromatic carbocycles. The van der Waals surface area contributed by atoms with Gasteiger partial charge in [-0.2, -0.15) is 5.26 Å². The van der Waals surface area contributed by atoms with Crippen LogP contribution >= 0.6 is 0 Å². The highest BCUT2D eigenvalue weighted by Gasteiger charge is 1.98. The number of hydrogen-bond acceptors (Lipinski definition) is 2. The predicted octanol–water partition coefficient (Wildman–Crippen LogP) is 2.65. The molecule has 0 bridgehead atoms. The Morgan fingerprint density at radius 1 is 1.50 bits per heavy atom. The van der Waals surface area contributed by atoms with Crippen molar-refractivity contribution in [2.75, 3.05) is 5.73 Å². The van der Waals surface area contributed by atoms with E-state index < -0.39 is 0 Å². The van der Waals surface area contributed by atoms with Crippen molar-refractivity contribution in [2.24, 2.45) is 0 Å². The second kappa shape index (κ2) is 4.48. The van der Waals surface area contributed by atoms with E-state index in [-0.39, 0.29) is 0 Å². The summed E-state index contributed by atoms with van der Waals surface area (Å²) in [4.78, 5) is 0. The third kappa shape index (κ3) is 2.63. The maximum Gasteiger partial charge on any atom is 0.0991 e. The van der Waals surface area contributed by atoms with Gasteiger partial charge in [0, 0.05) is 5.69 Å². The zero-order valence-corrected chi connectivity index (χ0v) is 8.54. The summed E-state index contributed by atoms with van der Waals surface area (Å²) in [5.74, 6) is 0. The molecular weight excluding hydrogens is 172 g/mol. The number of rotatable bonds is 2. The van der Waals surface area contributed by atoms with Crippen LogP contribution in [-0.2, 0) is 6.42 Å². The lowest BCUT2D eigenvalue weighted by Gasteiger charge is -2.03. The first-order valence-corrected chi connectivity index (χ1v) is 4.55. The molecule has 0 aliphatic carbocycles. The fraction of sp³-hybridized carbons (Fsp3) is 0.250. The van der Waals surface area contributed by atoms with Gasteiger partial charge in [-0.1, -0.05) is 11.6 Å². The molecule has 2 nitrogen and oxygen atoms in total. The summed E-state index contributed by atoms with van der Waals surface area (Å²) in [7, 11) is 0. The lowest BCUT2D eigenvalue weighted by atomic mass is 10.1. The maximum absolute atomic E-state index is 8.72. The Labute approximate surface area is 84.7 Å². The summed E-state index contributed by atoms with van der Waals surface area (Å²) >= 11 is 0. The van der Waals surface area contributed by atoms with Gasteiger partial charge >= 0.3 is 0 Å². The molecule has 0 aliphatic heterocycles. The van der Waals surface area contributed by atoms with Crippen molar-refractivity contribution < 1.29 is 0 Å². The van der Waals surface area contributed by atoms with Crippen LogP contribution in [0.5, 0.6) is 0 Å². The highest BCUT2D eigenvalue weighted by Crippen LogP contribution is 2.15. The van der Waals surface area contributed by atoms with Gasteiger partial charge in [0.1, 0.15) is 0 Å². The first kappa shape index (κ1) is 10.3. The summed E-state index contributed by atoms with van der Waals surface area (Å²) < 4.78 is 0. The second-order valence-electron chi connectivity index (χ2n) is 3.51. The first-order valence-electron chi connectivity index (χ1n) is 4.55. The third-order valence-corrected chi connectivity index (χ3v) is 2.00. The van der Waals surface area contributed by atoms with E-state index >= 15 is 0 Å². The van der Waals surface area contributed by atoms with Crippen molar-refractivity contribution in [3.63, 3.8) is 0 Å². The van der Waals surface area contributed by atoms with Gasteiger partial charge in [0.25, 0.3) is 0 Å². The van der Waals surface area contributed by atoms with E-state index in [0.717, 1.165) is 17.7 Å². The van der Waals surface area contributed by atoms with Crippen LogP contribution in [0.1, 0.15) is 25.0 Å². The fourth-order valence-electron chi connectivity index (χ4n) is 1.17. The number of hydrogen-bond donors (Lipinski definition) is 1. The van der Waals surface area contributed by atoms with E-state index in [2.05, 4.69) is 12.1 Å². The minimum absolute atomic E-state index is 0.663. The summed E-state index contributed by atoms with van der Waals surface area (Å²) in [5.41, 5.74) is 9.48. The van der Waals surface area contributed by atoms with Gasteiger partial charge in [0.15, 0.2) is 0 Å². The van der Waals surface area contributed by atoms with Crippen molar-refractivity contribution in [3.05, 3.63) is 41.0 Å². The summed E-state index contributed by atoms with van der Waals surface area (Å²) in [6.45, 7) is 4.09. The number of nitriles is 1.